The Bertz CT molecular complexity index is 1380. The van der Waals surface area contributed by atoms with Crippen LogP contribution in [0.1, 0.15) is 296 Å². The molecular weight excluding hydrogens is 930 g/mol. The fourth-order valence-electron chi connectivity index (χ4n) is 8.86. The monoisotopic (exact) mass is 1050 g/mol. The summed E-state index contributed by atoms with van der Waals surface area (Å²) < 4.78 is 33.0. The Morgan fingerprint density at radius 1 is 0.425 bits per heavy atom. The van der Waals surface area contributed by atoms with E-state index in [4.69, 9.17) is 24.3 Å². The summed E-state index contributed by atoms with van der Waals surface area (Å²) >= 11 is 0. The Labute approximate surface area is 450 Å². The van der Waals surface area contributed by atoms with Crippen LogP contribution in [0.15, 0.2) is 60.8 Å². The lowest BCUT2D eigenvalue weighted by atomic mass is 10.0. The first-order valence-corrected chi connectivity index (χ1v) is 32.3. The zero-order valence-corrected chi connectivity index (χ0v) is 48.5. The molecule has 0 aliphatic rings. The number of phosphoric acid groups is 1. The van der Waals surface area contributed by atoms with Crippen LogP contribution in [-0.2, 0) is 32.7 Å². The van der Waals surface area contributed by atoms with Crippen LogP contribution in [0.25, 0.3) is 0 Å². The maximum absolute atomic E-state index is 12.7. The molecule has 0 aromatic heterocycles. The number of allylic oxidation sites excluding steroid dienone is 10. The van der Waals surface area contributed by atoms with Gasteiger partial charge in [0.2, 0.25) is 0 Å². The van der Waals surface area contributed by atoms with Crippen molar-refractivity contribution in [2.75, 3.05) is 26.4 Å². The summed E-state index contributed by atoms with van der Waals surface area (Å²) in [5.41, 5.74) is 5.38. The van der Waals surface area contributed by atoms with Gasteiger partial charge < -0.3 is 20.1 Å². The second-order valence-corrected chi connectivity index (χ2v) is 22.0. The molecule has 10 heteroatoms. The van der Waals surface area contributed by atoms with E-state index in [0.717, 1.165) is 77.0 Å². The molecule has 0 bridgehead atoms. The molecule has 9 nitrogen and oxygen atoms in total. The van der Waals surface area contributed by atoms with Crippen molar-refractivity contribution in [1.29, 1.82) is 0 Å². The highest BCUT2D eigenvalue weighted by Crippen LogP contribution is 2.43. The number of ether oxygens (including phenoxy) is 2. The molecule has 2 atom stereocenters. The van der Waals surface area contributed by atoms with Gasteiger partial charge >= 0.3 is 19.8 Å². The van der Waals surface area contributed by atoms with Gasteiger partial charge in [0.1, 0.15) is 6.61 Å². The molecule has 0 rings (SSSR count). The van der Waals surface area contributed by atoms with E-state index in [1.807, 2.05) is 0 Å². The first kappa shape index (κ1) is 70.7. The molecule has 0 aromatic rings. The van der Waals surface area contributed by atoms with Gasteiger partial charge in [-0.3, -0.25) is 18.6 Å². The Kier molecular flexibility index (Phi) is 57.1. The lowest BCUT2D eigenvalue weighted by Crippen LogP contribution is -2.29. The first-order valence-electron chi connectivity index (χ1n) is 30.8. The van der Waals surface area contributed by atoms with Gasteiger partial charge in [-0.05, 0) is 77.0 Å². The molecule has 0 saturated carbocycles. The molecule has 73 heavy (non-hydrogen) atoms. The number of carbonyl (C=O) groups excluding carboxylic acids is 2. The van der Waals surface area contributed by atoms with Crippen molar-refractivity contribution in [2.24, 2.45) is 5.73 Å². The third-order valence-corrected chi connectivity index (χ3v) is 14.4. The van der Waals surface area contributed by atoms with Gasteiger partial charge in [-0.1, -0.05) is 267 Å². The molecule has 0 fully saturated rings. The predicted octanol–water partition coefficient (Wildman–Crippen LogP) is 19.5. The van der Waals surface area contributed by atoms with E-state index in [0.29, 0.717) is 6.42 Å². The Morgan fingerprint density at radius 2 is 0.753 bits per heavy atom. The summed E-state index contributed by atoms with van der Waals surface area (Å²) in [6, 6.07) is 0. The maximum Gasteiger partial charge on any atom is 0.472 e. The smallest absolute Gasteiger partial charge is 0.462 e. The molecule has 426 valence electrons. The molecule has 3 N–H and O–H groups in total. The molecule has 0 heterocycles. The molecule has 0 amide bonds. The summed E-state index contributed by atoms with van der Waals surface area (Å²) in [6.45, 7) is 3.65. The number of rotatable bonds is 58. The lowest BCUT2D eigenvalue weighted by Gasteiger charge is -2.19. The molecule has 0 aliphatic heterocycles. The van der Waals surface area contributed by atoms with Crippen molar-refractivity contribution >= 4 is 19.8 Å². The molecular formula is C63H116NO8P. The van der Waals surface area contributed by atoms with Crippen LogP contribution in [-0.4, -0.2) is 49.3 Å². The number of nitrogens with two attached hydrogens (primary N) is 1. The zero-order valence-electron chi connectivity index (χ0n) is 47.6. The van der Waals surface area contributed by atoms with Crippen molar-refractivity contribution < 1.29 is 37.6 Å². The number of hydrogen-bond donors (Lipinski definition) is 2. The van der Waals surface area contributed by atoms with Crippen LogP contribution in [0.4, 0.5) is 0 Å². The number of unbranched alkanes of at least 4 members (excludes halogenated alkanes) is 35. The summed E-state index contributed by atoms with van der Waals surface area (Å²) in [5.74, 6) is -0.825. The highest BCUT2D eigenvalue weighted by molar-refractivity contribution is 7.47. The normalized spacial score (nSPS) is 13.4. The van der Waals surface area contributed by atoms with E-state index < -0.39 is 26.5 Å². The molecule has 0 saturated heterocycles. The number of carbonyl (C=O) groups is 2. The quantitative estimate of drug-likeness (QED) is 0.0264. The largest absolute Gasteiger partial charge is 0.472 e. The first-order chi connectivity index (χ1) is 35.8. The second-order valence-electron chi connectivity index (χ2n) is 20.5. The van der Waals surface area contributed by atoms with Gasteiger partial charge in [0.15, 0.2) is 6.10 Å². The predicted molar refractivity (Wildman–Crippen MR) is 312 cm³/mol. The van der Waals surface area contributed by atoms with E-state index in [9.17, 15) is 19.0 Å². The van der Waals surface area contributed by atoms with Gasteiger partial charge in [0.25, 0.3) is 0 Å². The zero-order chi connectivity index (χ0) is 53.1. The van der Waals surface area contributed by atoms with E-state index in [1.165, 1.54) is 186 Å². The van der Waals surface area contributed by atoms with Gasteiger partial charge in [-0.25, -0.2) is 4.57 Å². The van der Waals surface area contributed by atoms with E-state index >= 15 is 0 Å². The highest BCUT2D eigenvalue weighted by Gasteiger charge is 2.26. The molecule has 0 radical (unpaired) electrons. The molecule has 2 unspecified atom stereocenters. The van der Waals surface area contributed by atoms with Gasteiger partial charge in [0.05, 0.1) is 13.2 Å². The minimum Gasteiger partial charge on any atom is -0.462 e. The van der Waals surface area contributed by atoms with Crippen LogP contribution in [0, 0.1) is 0 Å². The average Bonchev–Trinajstić information content (AvgIpc) is 3.38. The van der Waals surface area contributed by atoms with E-state index in [1.54, 1.807) is 0 Å². The average molecular weight is 1050 g/mol. The molecule has 0 aromatic carbocycles. The van der Waals surface area contributed by atoms with Gasteiger partial charge in [0, 0.05) is 19.4 Å². The second kappa shape index (κ2) is 59.0. The third kappa shape index (κ3) is 58.8. The maximum atomic E-state index is 12.7. The van der Waals surface area contributed by atoms with Crippen LogP contribution in [0.2, 0.25) is 0 Å². The van der Waals surface area contributed by atoms with Crippen LogP contribution in [0.5, 0.6) is 0 Å². The van der Waals surface area contributed by atoms with E-state index in [2.05, 4.69) is 74.6 Å². The number of phosphoric ester groups is 1. The van der Waals surface area contributed by atoms with E-state index in [-0.39, 0.29) is 38.6 Å². The molecule has 0 spiro atoms. The fourth-order valence-corrected chi connectivity index (χ4v) is 9.63. The summed E-state index contributed by atoms with van der Waals surface area (Å²) in [6.07, 6.45) is 74.5. The standard InChI is InChI=1S/C63H116NO8P/c1-3-5-7-9-11-13-15-17-19-20-21-22-23-24-25-26-27-28-29-30-31-32-33-34-35-36-37-38-39-40-42-44-46-48-50-52-54-56-63(66)72-61(60-71-73(67,68)70-58-57-64)59-69-62(65)55-53-51-49-47-45-43-41-18-16-14-12-10-8-6-4-2/h5,7,11,13,17-19,21-22,41,61H,3-4,6,8-10,12,14-16,20,23-40,42-60,64H2,1-2H3,(H,67,68)/b7-5-,13-11-,19-17-,22-21-,41-18-. The summed E-state index contributed by atoms with van der Waals surface area (Å²) in [5, 5.41) is 0. The van der Waals surface area contributed by atoms with Crippen molar-refractivity contribution in [3.05, 3.63) is 60.8 Å². The lowest BCUT2D eigenvalue weighted by molar-refractivity contribution is -0.161. The Hall–Kier alpha value is -2.29. The van der Waals surface area contributed by atoms with Crippen LogP contribution >= 0.6 is 7.82 Å². The highest BCUT2D eigenvalue weighted by atomic mass is 31.2. The number of esters is 2. The van der Waals surface area contributed by atoms with Crippen molar-refractivity contribution in [1.82, 2.24) is 0 Å². The Balaban J connectivity index is 3.79. The topological polar surface area (TPSA) is 134 Å². The van der Waals surface area contributed by atoms with Crippen LogP contribution < -0.4 is 5.73 Å². The van der Waals surface area contributed by atoms with Gasteiger partial charge in [-0.2, -0.15) is 0 Å². The summed E-state index contributed by atoms with van der Waals surface area (Å²) in [4.78, 5) is 35.1. The molecule has 0 aliphatic carbocycles. The van der Waals surface area contributed by atoms with Crippen molar-refractivity contribution in [3.63, 3.8) is 0 Å². The SMILES string of the molecule is CC/C=C\C/C=C\C/C=C\C/C=C\CCCCCCCCCCCCCCCCCCCCCCCCCCC(=O)OC(COC(=O)CCCCCCC/C=C\CCCCCCCC)COP(=O)(O)OCCN. The van der Waals surface area contributed by atoms with Crippen molar-refractivity contribution in [3.8, 4) is 0 Å². The minimum absolute atomic E-state index is 0.0532. The minimum atomic E-state index is -4.39. The summed E-state index contributed by atoms with van der Waals surface area (Å²) in [7, 11) is -4.39. The number of hydrogen-bond acceptors (Lipinski definition) is 8. The fraction of sp³-hybridized carbons (Fsp3) is 0.810. The third-order valence-electron chi connectivity index (χ3n) is 13.4. The van der Waals surface area contributed by atoms with Gasteiger partial charge in [-0.15, -0.1) is 0 Å². The Morgan fingerprint density at radius 3 is 1.14 bits per heavy atom. The van der Waals surface area contributed by atoms with Crippen LogP contribution in [0.3, 0.4) is 0 Å². The van der Waals surface area contributed by atoms with Crippen molar-refractivity contribution in [2.45, 2.75) is 302 Å².